The lowest BCUT2D eigenvalue weighted by Gasteiger charge is -2.24. The number of pyridine rings is 1. The minimum absolute atomic E-state index is 0.00398. The van der Waals surface area contributed by atoms with Crippen molar-refractivity contribution in [2.24, 2.45) is 0 Å². The summed E-state index contributed by atoms with van der Waals surface area (Å²) in [5.74, 6) is 6.63. The molecule has 2 N–H and O–H groups in total. The Kier molecular flexibility index (Phi) is 7.13. The van der Waals surface area contributed by atoms with Crippen LogP contribution in [0, 0.1) is 32.6 Å². The summed E-state index contributed by atoms with van der Waals surface area (Å²) >= 11 is 0. The molecule has 1 aromatic carbocycles. The van der Waals surface area contributed by atoms with Gasteiger partial charge in [0.2, 0.25) is 0 Å². The van der Waals surface area contributed by atoms with E-state index in [1.54, 1.807) is 0 Å². The van der Waals surface area contributed by atoms with Crippen molar-refractivity contribution in [2.75, 3.05) is 44.7 Å². The molecule has 1 fully saturated rings. The van der Waals surface area contributed by atoms with Crippen molar-refractivity contribution in [3.63, 3.8) is 0 Å². The zero-order chi connectivity index (χ0) is 20.8. The van der Waals surface area contributed by atoms with Gasteiger partial charge in [-0.15, -0.1) is 0 Å². The fourth-order valence-electron chi connectivity index (χ4n) is 3.71. The van der Waals surface area contributed by atoms with Crippen molar-refractivity contribution < 1.29 is 4.74 Å². The third-order valence-corrected chi connectivity index (χ3v) is 5.38. The Balaban J connectivity index is 1.89. The van der Waals surface area contributed by atoms with Crippen LogP contribution >= 0.6 is 0 Å². The van der Waals surface area contributed by atoms with E-state index in [4.69, 9.17) is 4.74 Å². The van der Waals surface area contributed by atoms with E-state index < -0.39 is 0 Å². The first-order valence-corrected chi connectivity index (χ1v) is 10.3. The monoisotopic (exact) mass is 393 g/mol. The van der Waals surface area contributed by atoms with Crippen LogP contribution in [-0.4, -0.2) is 49.3 Å². The van der Waals surface area contributed by atoms with Crippen molar-refractivity contribution in [1.29, 1.82) is 0 Å². The second-order valence-corrected chi connectivity index (χ2v) is 7.65. The summed E-state index contributed by atoms with van der Waals surface area (Å²) in [4.78, 5) is 17.7. The van der Waals surface area contributed by atoms with Crippen LogP contribution in [0.3, 0.4) is 0 Å². The first-order chi connectivity index (χ1) is 14.0. The smallest absolute Gasteiger partial charge is 0.251 e. The van der Waals surface area contributed by atoms with Crippen LogP contribution in [0.15, 0.2) is 23.0 Å². The Morgan fingerprint density at radius 2 is 1.93 bits per heavy atom. The third kappa shape index (κ3) is 5.50. The summed E-state index contributed by atoms with van der Waals surface area (Å²) in [6.45, 7) is 13.1. The molecule has 154 valence electrons. The van der Waals surface area contributed by atoms with Gasteiger partial charge in [-0.05, 0) is 62.6 Å². The van der Waals surface area contributed by atoms with E-state index in [0.717, 1.165) is 73.0 Å². The number of nitrogens with zero attached hydrogens (tertiary/aromatic N) is 1. The lowest BCUT2D eigenvalue weighted by molar-refractivity contribution is 0.0443. The van der Waals surface area contributed by atoms with Gasteiger partial charge in [0.1, 0.15) is 0 Å². The van der Waals surface area contributed by atoms with Crippen molar-refractivity contribution in [3.8, 4) is 11.8 Å². The fraction of sp³-hybridized carbons (Fsp3) is 0.458. The molecule has 0 bridgehead atoms. The highest BCUT2D eigenvalue weighted by Gasteiger charge is 2.12. The van der Waals surface area contributed by atoms with E-state index >= 15 is 0 Å². The Hall–Kier alpha value is -2.55. The van der Waals surface area contributed by atoms with E-state index in [-0.39, 0.29) is 5.56 Å². The van der Waals surface area contributed by atoms with Crippen LogP contribution in [-0.2, 0) is 11.2 Å². The Morgan fingerprint density at radius 1 is 1.17 bits per heavy atom. The zero-order valence-corrected chi connectivity index (χ0v) is 17.9. The molecule has 0 atom stereocenters. The summed E-state index contributed by atoms with van der Waals surface area (Å²) < 4.78 is 5.39. The minimum Gasteiger partial charge on any atom is -0.385 e. The summed E-state index contributed by atoms with van der Waals surface area (Å²) in [6.07, 6.45) is 0.602. The zero-order valence-electron chi connectivity index (χ0n) is 17.9. The number of anilines is 1. The number of morpholine rings is 1. The molecule has 2 heterocycles. The van der Waals surface area contributed by atoms with E-state index in [1.807, 2.05) is 19.9 Å². The first kappa shape index (κ1) is 21.2. The van der Waals surface area contributed by atoms with Gasteiger partial charge >= 0.3 is 0 Å². The summed E-state index contributed by atoms with van der Waals surface area (Å²) in [7, 11) is 0. The van der Waals surface area contributed by atoms with Gasteiger partial charge in [0, 0.05) is 48.6 Å². The van der Waals surface area contributed by atoms with Gasteiger partial charge in [-0.1, -0.05) is 11.8 Å². The number of rotatable bonds is 5. The van der Waals surface area contributed by atoms with Gasteiger partial charge in [0.15, 0.2) is 0 Å². The number of hydrogen-bond donors (Lipinski definition) is 2. The minimum atomic E-state index is -0.00398. The van der Waals surface area contributed by atoms with Crippen LogP contribution in [0.25, 0.3) is 0 Å². The maximum absolute atomic E-state index is 12.5. The SMILES string of the molecule is CCNc1cc(C#CCN2CCOCC2)cc(Cc2c(C)cc(C)[nH]c2=O)c1C. The quantitative estimate of drug-likeness (QED) is 0.767. The average molecular weight is 394 g/mol. The molecular formula is C24H31N3O2. The lowest BCUT2D eigenvalue weighted by atomic mass is 9.95. The molecule has 0 unspecified atom stereocenters. The number of hydrogen-bond acceptors (Lipinski definition) is 4. The number of aromatic amines is 1. The molecule has 1 aliphatic rings. The Labute approximate surface area is 173 Å². The largest absolute Gasteiger partial charge is 0.385 e. The fourth-order valence-corrected chi connectivity index (χ4v) is 3.71. The highest BCUT2D eigenvalue weighted by molar-refractivity contribution is 5.60. The molecule has 0 amide bonds. The molecule has 1 aromatic heterocycles. The Morgan fingerprint density at radius 3 is 2.62 bits per heavy atom. The molecule has 29 heavy (non-hydrogen) atoms. The summed E-state index contributed by atoms with van der Waals surface area (Å²) in [5.41, 5.74) is 7.11. The molecule has 0 saturated carbocycles. The maximum atomic E-state index is 12.5. The molecule has 1 saturated heterocycles. The molecule has 1 aliphatic heterocycles. The topological polar surface area (TPSA) is 57.4 Å². The van der Waals surface area contributed by atoms with E-state index in [0.29, 0.717) is 6.42 Å². The predicted octanol–water partition coefficient (Wildman–Crippen LogP) is 3.01. The number of benzene rings is 1. The van der Waals surface area contributed by atoms with Crippen molar-refractivity contribution in [2.45, 2.75) is 34.1 Å². The van der Waals surface area contributed by atoms with Crippen molar-refractivity contribution in [3.05, 3.63) is 62.1 Å². The molecule has 0 radical (unpaired) electrons. The highest BCUT2D eigenvalue weighted by atomic mass is 16.5. The van der Waals surface area contributed by atoms with Crippen molar-refractivity contribution in [1.82, 2.24) is 9.88 Å². The molecule has 5 heteroatoms. The Bertz CT molecular complexity index is 976. The van der Waals surface area contributed by atoms with E-state index in [9.17, 15) is 4.79 Å². The van der Waals surface area contributed by atoms with E-state index in [2.05, 4.69) is 53.0 Å². The molecule has 0 aliphatic carbocycles. The molecule has 0 spiro atoms. The third-order valence-electron chi connectivity index (χ3n) is 5.38. The van der Waals surface area contributed by atoms with Crippen LogP contribution in [0.5, 0.6) is 0 Å². The molecule has 5 nitrogen and oxygen atoms in total. The average Bonchev–Trinajstić information content (AvgIpc) is 2.68. The number of nitrogens with one attached hydrogen (secondary N) is 2. The van der Waals surface area contributed by atoms with Crippen molar-refractivity contribution >= 4 is 5.69 Å². The molecule has 3 rings (SSSR count). The number of aromatic nitrogens is 1. The number of H-pyrrole nitrogens is 1. The van der Waals surface area contributed by atoms with Gasteiger partial charge in [-0.3, -0.25) is 9.69 Å². The predicted molar refractivity (Wildman–Crippen MR) is 119 cm³/mol. The number of ether oxygens (including phenoxy) is 1. The molecular weight excluding hydrogens is 362 g/mol. The van der Waals surface area contributed by atoms with Crippen LogP contribution in [0.2, 0.25) is 0 Å². The summed E-state index contributed by atoms with van der Waals surface area (Å²) in [6, 6.07) is 6.27. The normalized spacial score (nSPS) is 14.3. The highest BCUT2D eigenvalue weighted by Crippen LogP contribution is 2.24. The van der Waals surface area contributed by atoms with E-state index in [1.165, 1.54) is 5.56 Å². The molecule has 2 aromatic rings. The van der Waals surface area contributed by atoms with Gasteiger partial charge in [0.05, 0.1) is 19.8 Å². The summed E-state index contributed by atoms with van der Waals surface area (Å²) in [5, 5.41) is 3.44. The lowest BCUT2D eigenvalue weighted by Crippen LogP contribution is -2.36. The van der Waals surface area contributed by atoms with Crippen LogP contribution in [0.4, 0.5) is 5.69 Å². The van der Waals surface area contributed by atoms with Gasteiger partial charge in [0.25, 0.3) is 5.56 Å². The standard InChI is InChI=1S/C24H31N3O2/c1-5-25-23-15-20(7-6-8-27-9-11-29-12-10-27)14-21(19(23)4)16-22-17(2)13-18(3)26-24(22)28/h13-15,25H,5,8-12,16H2,1-4H3,(H,26,28). The van der Waals surface area contributed by atoms with Gasteiger partial charge < -0.3 is 15.0 Å². The maximum Gasteiger partial charge on any atom is 0.251 e. The van der Waals surface area contributed by atoms with Crippen LogP contribution in [0.1, 0.15) is 40.4 Å². The van der Waals surface area contributed by atoms with Gasteiger partial charge in [-0.2, -0.15) is 0 Å². The van der Waals surface area contributed by atoms with Crippen LogP contribution < -0.4 is 10.9 Å². The number of aryl methyl sites for hydroxylation is 2. The first-order valence-electron chi connectivity index (χ1n) is 10.3. The second kappa shape index (κ2) is 9.78. The second-order valence-electron chi connectivity index (χ2n) is 7.65. The van der Waals surface area contributed by atoms with Gasteiger partial charge in [-0.25, -0.2) is 0 Å².